The van der Waals surface area contributed by atoms with E-state index in [9.17, 15) is 4.79 Å². The van der Waals surface area contributed by atoms with E-state index in [4.69, 9.17) is 14.2 Å². The lowest BCUT2D eigenvalue weighted by molar-refractivity contribution is -0.128. The van der Waals surface area contributed by atoms with Gasteiger partial charge in [0.05, 0.1) is 20.3 Å². The summed E-state index contributed by atoms with van der Waals surface area (Å²) < 4.78 is 16.3. The zero-order valence-corrected chi connectivity index (χ0v) is 15.1. The van der Waals surface area contributed by atoms with Crippen LogP contribution < -0.4 is 19.5 Å². The molecule has 0 saturated heterocycles. The van der Waals surface area contributed by atoms with Gasteiger partial charge in [0, 0.05) is 0 Å². The molecule has 1 N–H and O–H groups in total. The highest BCUT2D eigenvalue weighted by atomic mass is 16.5. The van der Waals surface area contributed by atoms with Crippen molar-refractivity contribution in [2.24, 2.45) is 0 Å². The predicted molar refractivity (Wildman–Crippen MR) is 97.3 cm³/mol. The largest absolute Gasteiger partial charge is 0.497 e. The van der Waals surface area contributed by atoms with Crippen LogP contribution in [0.25, 0.3) is 0 Å². The first-order valence-electron chi connectivity index (χ1n) is 8.33. The third-order valence-electron chi connectivity index (χ3n) is 3.98. The second-order valence-corrected chi connectivity index (χ2v) is 5.67. The molecule has 2 atom stereocenters. The van der Waals surface area contributed by atoms with E-state index in [0.29, 0.717) is 17.9 Å². The number of hydrogen-bond donors (Lipinski definition) is 1. The highest BCUT2D eigenvalue weighted by Crippen LogP contribution is 2.27. The molecule has 25 heavy (non-hydrogen) atoms. The molecule has 0 radical (unpaired) electrons. The van der Waals surface area contributed by atoms with Crippen LogP contribution in [0.15, 0.2) is 48.5 Å². The third-order valence-corrected chi connectivity index (χ3v) is 3.98. The summed E-state index contributed by atoms with van der Waals surface area (Å²) in [5, 5.41) is 3.00. The Bertz CT molecular complexity index is 684. The van der Waals surface area contributed by atoms with E-state index in [-0.39, 0.29) is 11.9 Å². The minimum absolute atomic E-state index is 0.131. The highest BCUT2D eigenvalue weighted by molar-refractivity contribution is 5.81. The van der Waals surface area contributed by atoms with Gasteiger partial charge in [-0.2, -0.15) is 0 Å². The summed E-state index contributed by atoms with van der Waals surface area (Å²) in [7, 11) is 3.20. The van der Waals surface area contributed by atoms with Gasteiger partial charge in [0.15, 0.2) is 17.6 Å². The number of benzene rings is 2. The van der Waals surface area contributed by atoms with Crippen LogP contribution in [0, 0.1) is 0 Å². The van der Waals surface area contributed by atoms with E-state index < -0.39 is 6.10 Å². The number of carbonyl (C=O) groups excluding carboxylic acids is 1. The molecular formula is C20H25NO4. The molecule has 134 valence electrons. The summed E-state index contributed by atoms with van der Waals surface area (Å²) >= 11 is 0. The van der Waals surface area contributed by atoms with Crippen molar-refractivity contribution in [3.63, 3.8) is 0 Å². The van der Waals surface area contributed by atoms with Crippen molar-refractivity contribution >= 4 is 5.91 Å². The fraction of sp³-hybridized carbons (Fsp3) is 0.350. The van der Waals surface area contributed by atoms with Crippen LogP contribution in [-0.4, -0.2) is 26.2 Å². The van der Waals surface area contributed by atoms with E-state index >= 15 is 0 Å². The molecule has 2 aromatic rings. The van der Waals surface area contributed by atoms with Gasteiger partial charge in [0.2, 0.25) is 0 Å². The number of amides is 1. The number of ether oxygens (including phenoxy) is 3. The fourth-order valence-electron chi connectivity index (χ4n) is 2.47. The van der Waals surface area contributed by atoms with Gasteiger partial charge in [-0.25, -0.2) is 0 Å². The first-order valence-corrected chi connectivity index (χ1v) is 8.33. The smallest absolute Gasteiger partial charge is 0.261 e. The Hall–Kier alpha value is -2.69. The maximum Gasteiger partial charge on any atom is 0.261 e. The van der Waals surface area contributed by atoms with Gasteiger partial charge in [0.1, 0.15) is 5.75 Å². The number of rotatable bonds is 8. The number of para-hydroxylation sites is 2. The zero-order valence-electron chi connectivity index (χ0n) is 15.1. The van der Waals surface area contributed by atoms with Crippen LogP contribution in [0.2, 0.25) is 0 Å². The molecule has 5 heteroatoms. The molecule has 2 rings (SSSR count). The predicted octanol–water partition coefficient (Wildman–Crippen LogP) is 3.74. The molecule has 0 heterocycles. The van der Waals surface area contributed by atoms with Gasteiger partial charge >= 0.3 is 0 Å². The fourth-order valence-corrected chi connectivity index (χ4v) is 2.47. The van der Waals surface area contributed by atoms with Crippen molar-refractivity contribution in [1.82, 2.24) is 5.32 Å². The summed E-state index contributed by atoms with van der Waals surface area (Å²) in [4.78, 5) is 12.6. The molecular weight excluding hydrogens is 318 g/mol. The molecule has 0 aliphatic heterocycles. The van der Waals surface area contributed by atoms with E-state index in [0.717, 1.165) is 11.3 Å². The van der Waals surface area contributed by atoms with E-state index in [2.05, 4.69) is 5.32 Å². The standard InChI is InChI=1S/C20H25NO4/c1-5-17(25-19-9-7-6-8-18(19)24-4)20(22)21-14(2)15-10-12-16(23-3)13-11-15/h6-14,17H,5H2,1-4H3,(H,21,22)/t14-,17-/m0/s1. The maximum atomic E-state index is 12.6. The van der Waals surface area contributed by atoms with Crippen molar-refractivity contribution < 1.29 is 19.0 Å². The maximum absolute atomic E-state index is 12.6. The van der Waals surface area contributed by atoms with Gasteiger partial charge in [-0.3, -0.25) is 4.79 Å². The lowest BCUT2D eigenvalue weighted by atomic mass is 10.1. The van der Waals surface area contributed by atoms with Gasteiger partial charge < -0.3 is 19.5 Å². The molecule has 0 aliphatic rings. The van der Waals surface area contributed by atoms with Crippen LogP contribution in [0.5, 0.6) is 17.2 Å². The highest BCUT2D eigenvalue weighted by Gasteiger charge is 2.22. The van der Waals surface area contributed by atoms with Crippen molar-refractivity contribution in [3.05, 3.63) is 54.1 Å². The average Bonchev–Trinajstić information content (AvgIpc) is 2.66. The number of carbonyl (C=O) groups is 1. The normalized spacial score (nSPS) is 12.8. The van der Waals surface area contributed by atoms with Crippen LogP contribution in [0.3, 0.4) is 0 Å². The molecule has 0 fully saturated rings. The Kier molecular flexibility index (Phi) is 6.69. The molecule has 5 nitrogen and oxygen atoms in total. The number of nitrogens with one attached hydrogen (secondary N) is 1. The van der Waals surface area contributed by atoms with E-state index in [1.54, 1.807) is 26.4 Å². The first kappa shape index (κ1) is 18.6. The van der Waals surface area contributed by atoms with Crippen LogP contribution >= 0.6 is 0 Å². The van der Waals surface area contributed by atoms with Crippen molar-refractivity contribution in [3.8, 4) is 17.2 Å². The third kappa shape index (κ3) is 4.89. The minimum atomic E-state index is -0.586. The SMILES string of the molecule is CC[C@H](Oc1ccccc1OC)C(=O)N[C@@H](C)c1ccc(OC)cc1. The first-order chi connectivity index (χ1) is 12.1. The van der Waals surface area contributed by atoms with E-state index in [1.807, 2.05) is 50.2 Å². The summed E-state index contributed by atoms with van der Waals surface area (Å²) in [5.41, 5.74) is 1.00. The lowest BCUT2D eigenvalue weighted by Gasteiger charge is -2.21. The molecule has 1 amide bonds. The molecule has 0 aromatic heterocycles. The van der Waals surface area contributed by atoms with Gasteiger partial charge in [-0.05, 0) is 43.2 Å². The molecule has 0 unspecified atom stereocenters. The van der Waals surface area contributed by atoms with Crippen molar-refractivity contribution in [1.29, 1.82) is 0 Å². The Balaban J connectivity index is 2.03. The van der Waals surface area contributed by atoms with Gasteiger partial charge in [-0.1, -0.05) is 31.2 Å². The lowest BCUT2D eigenvalue weighted by Crippen LogP contribution is -2.39. The molecule has 0 spiro atoms. The quantitative estimate of drug-likeness (QED) is 0.793. The summed E-state index contributed by atoms with van der Waals surface area (Å²) in [6.45, 7) is 3.85. The minimum Gasteiger partial charge on any atom is -0.497 e. The Morgan fingerprint density at radius 1 is 1.00 bits per heavy atom. The summed E-state index contributed by atoms with van der Waals surface area (Å²) in [6, 6.07) is 14.8. The monoisotopic (exact) mass is 343 g/mol. The molecule has 2 aromatic carbocycles. The van der Waals surface area contributed by atoms with Gasteiger partial charge in [0.25, 0.3) is 5.91 Å². The summed E-state index contributed by atoms with van der Waals surface area (Å²) in [6.07, 6.45) is -0.0313. The molecule has 0 saturated carbocycles. The van der Waals surface area contributed by atoms with E-state index in [1.165, 1.54) is 0 Å². The Morgan fingerprint density at radius 2 is 1.64 bits per heavy atom. The topological polar surface area (TPSA) is 56.8 Å². The van der Waals surface area contributed by atoms with Crippen LogP contribution in [0.4, 0.5) is 0 Å². The Labute approximate surface area is 148 Å². The average molecular weight is 343 g/mol. The van der Waals surface area contributed by atoms with Gasteiger partial charge in [-0.15, -0.1) is 0 Å². The van der Waals surface area contributed by atoms with Crippen molar-refractivity contribution in [2.45, 2.75) is 32.4 Å². The number of methoxy groups -OCH3 is 2. The summed E-state index contributed by atoms with van der Waals surface area (Å²) in [5.74, 6) is 1.80. The number of hydrogen-bond acceptors (Lipinski definition) is 4. The van der Waals surface area contributed by atoms with Crippen LogP contribution in [-0.2, 0) is 4.79 Å². The second-order valence-electron chi connectivity index (χ2n) is 5.67. The van der Waals surface area contributed by atoms with Crippen molar-refractivity contribution in [2.75, 3.05) is 14.2 Å². The second kappa shape index (κ2) is 8.97. The molecule has 0 aliphatic carbocycles. The zero-order chi connectivity index (χ0) is 18.2. The van der Waals surface area contributed by atoms with Crippen LogP contribution in [0.1, 0.15) is 31.9 Å². The Morgan fingerprint density at radius 3 is 2.20 bits per heavy atom. The molecule has 0 bridgehead atoms.